The zero-order valence-electron chi connectivity index (χ0n) is 16.0. The highest BCUT2D eigenvalue weighted by Gasteiger charge is 2.38. The number of halogens is 1. The molecule has 2 aromatic carbocycles. The lowest BCUT2D eigenvalue weighted by Crippen LogP contribution is -2.55. The minimum atomic E-state index is -0.129. The van der Waals surface area contributed by atoms with Crippen LogP contribution in [0.1, 0.15) is 43.5 Å². The average Bonchev–Trinajstić information content (AvgIpc) is 3.13. The van der Waals surface area contributed by atoms with Crippen LogP contribution in [-0.4, -0.2) is 27.8 Å². The number of hydrogen-bond acceptors (Lipinski definition) is 5. The van der Waals surface area contributed by atoms with Gasteiger partial charge in [-0.1, -0.05) is 54.1 Å². The van der Waals surface area contributed by atoms with Crippen LogP contribution in [0.5, 0.6) is 0 Å². The van der Waals surface area contributed by atoms with Gasteiger partial charge in [-0.3, -0.25) is 9.91 Å². The molecular formula is C21H26ClN5. The second-order valence-corrected chi connectivity index (χ2v) is 8.52. The van der Waals surface area contributed by atoms with Crippen LogP contribution in [0.15, 0.2) is 53.6 Å². The largest absolute Gasteiger partial charge is 0.285 e. The van der Waals surface area contributed by atoms with E-state index in [1.54, 1.807) is 0 Å². The van der Waals surface area contributed by atoms with Gasteiger partial charge in [0.05, 0.1) is 11.6 Å². The molecule has 4 rings (SSSR count). The van der Waals surface area contributed by atoms with Crippen LogP contribution in [0.3, 0.4) is 0 Å². The van der Waals surface area contributed by atoms with Gasteiger partial charge in [-0.25, -0.2) is 5.53 Å². The first kappa shape index (κ1) is 18.3. The molecule has 0 fully saturated rings. The van der Waals surface area contributed by atoms with Gasteiger partial charge in [0.2, 0.25) is 0 Å². The zero-order chi connectivity index (χ0) is 19.0. The molecule has 2 heterocycles. The fourth-order valence-corrected chi connectivity index (χ4v) is 4.11. The summed E-state index contributed by atoms with van der Waals surface area (Å²) in [5.74, 6) is 0.940. The molecular weight excluding hydrogens is 358 g/mol. The van der Waals surface area contributed by atoms with Crippen molar-refractivity contribution in [2.45, 2.75) is 45.3 Å². The second kappa shape index (κ2) is 7.15. The quantitative estimate of drug-likeness (QED) is 0.844. The van der Waals surface area contributed by atoms with E-state index in [0.29, 0.717) is 0 Å². The molecule has 5 nitrogen and oxygen atoms in total. The van der Waals surface area contributed by atoms with E-state index in [1.807, 2.05) is 18.2 Å². The predicted molar refractivity (Wildman–Crippen MR) is 110 cm³/mol. The van der Waals surface area contributed by atoms with Crippen molar-refractivity contribution in [1.82, 2.24) is 21.0 Å². The molecule has 0 spiro atoms. The van der Waals surface area contributed by atoms with Gasteiger partial charge in [-0.2, -0.15) is 0 Å². The SMILES string of the molecule is CC(C)(C)N1NNN=C1C(c1ccccc1Cl)N1CCc2ccccc2C1. The fraction of sp³-hybridized carbons (Fsp3) is 0.381. The van der Waals surface area contributed by atoms with Gasteiger partial charge < -0.3 is 0 Å². The molecule has 1 unspecified atom stereocenters. The molecule has 27 heavy (non-hydrogen) atoms. The highest BCUT2D eigenvalue weighted by molar-refractivity contribution is 6.31. The van der Waals surface area contributed by atoms with E-state index in [4.69, 9.17) is 11.6 Å². The van der Waals surface area contributed by atoms with Gasteiger partial charge in [0.25, 0.3) is 0 Å². The molecule has 0 saturated heterocycles. The Balaban J connectivity index is 1.75. The van der Waals surface area contributed by atoms with E-state index in [9.17, 15) is 0 Å². The molecule has 142 valence electrons. The van der Waals surface area contributed by atoms with Crippen molar-refractivity contribution < 1.29 is 0 Å². The van der Waals surface area contributed by atoms with E-state index < -0.39 is 0 Å². The van der Waals surface area contributed by atoms with Crippen molar-refractivity contribution in [3.8, 4) is 0 Å². The van der Waals surface area contributed by atoms with Crippen LogP contribution in [0, 0.1) is 0 Å². The maximum Gasteiger partial charge on any atom is 0.164 e. The lowest BCUT2D eigenvalue weighted by Gasteiger charge is -2.41. The summed E-state index contributed by atoms with van der Waals surface area (Å²) in [6.45, 7) is 8.33. The Morgan fingerprint density at radius 2 is 1.74 bits per heavy atom. The average molecular weight is 384 g/mol. The Morgan fingerprint density at radius 3 is 2.48 bits per heavy atom. The Hall–Kier alpha value is -2.08. The monoisotopic (exact) mass is 383 g/mol. The molecule has 2 aliphatic heterocycles. The fourth-order valence-electron chi connectivity index (χ4n) is 3.87. The first-order valence-electron chi connectivity index (χ1n) is 9.39. The van der Waals surface area contributed by atoms with Crippen molar-refractivity contribution in [3.05, 3.63) is 70.2 Å². The summed E-state index contributed by atoms with van der Waals surface area (Å²) >= 11 is 6.64. The molecule has 0 radical (unpaired) electrons. The molecule has 0 amide bonds. The molecule has 2 aliphatic rings. The predicted octanol–water partition coefficient (Wildman–Crippen LogP) is 3.88. The van der Waals surface area contributed by atoms with Crippen molar-refractivity contribution in [2.75, 3.05) is 6.54 Å². The summed E-state index contributed by atoms with van der Waals surface area (Å²) in [6, 6.07) is 16.7. The molecule has 2 aromatic rings. The van der Waals surface area contributed by atoms with Crippen LogP contribution in [0.4, 0.5) is 0 Å². The van der Waals surface area contributed by atoms with Gasteiger partial charge in [0.1, 0.15) is 0 Å². The lowest BCUT2D eigenvalue weighted by atomic mass is 9.95. The van der Waals surface area contributed by atoms with Gasteiger partial charge in [0, 0.05) is 18.1 Å². The maximum absolute atomic E-state index is 6.64. The third-order valence-electron chi connectivity index (χ3n) is 5.20. The number of hydrogen-bond donors (Lipinski definition) is 2. The Morgan fingerprint density at radius 1 is 1.04 bits per heavy atom. The normalized spacial score (nSPS) is 18.7. The number of amidine groups is 1. The molecule has 0 aliphatic carbocycles. The van der Waals surface area contributed by atoms with Crippen molar-refractivity contribution in [3.63, 3.8) is 0 Å². The van der Waals surface area contributed by atoms with Crippen molar-refractivity contribution in [2.24, 2.45) is 5.10 Å². The Bertz CT molecular complexity index is 858. The summed E-state index contributed by atoms with van der Waals surface area (Å²) in [5, 5.41) is 7.48. The number of hydrazine groups is 2. The number of benzene rings is 2. The van der Waals surface area contributed by atoms with Crippen LogP contribution < -0.4 is 11.1 Å². The number of nitrogens with one attached hydrogen (secondary N) is 2. The highest BCUT2D eigenvalue weighted by Crippen LogP contribution is 2.35. The minimum Gasteiger partial charge on any atom is -0.285 e. The maximum atomic E-state index is 6.64. The number of fused-ring (bicyclic) bond motifs is 1. The van der Waals surface area contributed by atoms with Crippen LogP contribution >= 0.6 is 11.6 Å². The number of hydrazone groups is 1. The Labute approximate surface area is 165 Å². The van der Waals surface area contributed by atoms with E-state index in [1.165, 1.54) is 11.1 Å². The molecule has 0 aromatic heterocycles. The molecule has 0 bridgehead atoms. The zero-order valence-corrected chi connectivity index (χ0v) is 16.8. The molecule has 1 atom stereocenters. The first-order valence-corrected chi connectivity index (χ1v) is 9.76. The second-order valence-electron chi connectivity index (χ2n) is 8.11. The topological polar surface area (TPSA) is 42.9 Å². The van der Waals surface area contributed by atoms with Gasteiger partial charge in [0.15, 0.2) is 5.84 Å². The third kappa shape index (κ3) is 3.55. The lowest BCUT2D eigenvalue weighted by molar-refractivity contribution is 0.139. The van der Waals surface area contributed by atoms with E-state index in [2.05, 4.69) is 77.2 Å². The highest BCUT2D eigenvalue weighted by atomic mass is 35.5. The van der Waals surface area contributed by atoms with Crippen molar-refractivity contribution in [1.29, 1.82) is 0 Å². The van der Waals surface area contributed by atoms with E-state index in [-0.39, 0.29) is 11.6 Å². The summed E-state index contributed by atoms with van der Waals surface area (Å²) in [4.78, 5) is 2.47. The van der Waals surface area contributed by atoms with Crippen molar-refractivity contribution >= 4 is 17.4 Å². The smallest absolute Gasteiger partial charge is 0.164 e. The van der Waals surface area contributed by atoms with Gasteiger partial charge in [-0.05, 0) is 49.9 Å². The standard InChI is InChI=1S/C21H26ClN5/c1-21(2,3)27-20(23-24-25-27)19(17-10-6-7-11-18(17)22)26-13-12-15-8-4-5-9-16(15)14-26/h4-11,19,24-25H,12-14H2,1-3H3. The molecule has 0 saturated carbocycles. The number of nitrogens with zero attached hydrogens (tertiary/aromatic N) is 3. The van der Waals surface area contributed by atoms with Gasteiger partial charge >= 0.3 is 0 Å². The molecule has 2 N–H and O–H groups in total. The third-order valence-corrected chi connectivity index (χ3v) is 5.55. The Kier molecular flexibility index (Phi) is 4.84. The summed E-state index contributed by atoms with van der Waals surface area (Å²) < 4.78 is 0. The summed E-state index contributed by atoms with van der Waals surface area (Å²) in [7, 11) is 0. The minimum absolute atomic E-state index is 0.0335. The molecule has 6 heteroatoms. The van der Waals surface area contributed by atoms with Crippen LogP contribution in [-0.2, 0) is 13.0 Å². The first-order chi connectivity index (χ1) is 12.9. The summed E-state index contributed by atoms with van der Waals surface area (Å²) in [6.07, 6.45) is 1.03. The summed E-state index contributed by atoms with van der Waals surface area (Å²) in [5.41, 5.74) is 9.90. The van der Waals surface area contributed by atoms with Crippen LogP contribution in [0.25, 0.3) is 0 Å². The van der Waals surface area contributed by atoms with Gasteiger partial charge in [-0.15, -0.1) is 10.6 Å². The van der Waals surface area contributed by atoms with E-state index in [0.717, 1.165) is 35.9 Å². The van der Waals surface area contributed by atoms with Crippen LogP contribution in [0.2, 0.25) is 5.02 Å². The number of rotatable bonds is 3. The van der Waals surface area contributed by atoms with E-state index >= 15 is 0 Å².